The lowest BCUT2D eigenvalue weighted by Crippen LogP contribution is -2.50. The van der Waals surface area contributed by atoms with Crippen LogP contribution in [0, 0.1) is 5.92 Å². The van der Waals surface area contributed by atoms with Crippen LogP contribution < -0.4 is 0 Å². The third-order valence-electron chi connectivity index (χ3n) is 3.17. The molecule has 0 aromatic carbocycles. The van der Waals surface area contributed by atoms with Gasteiger partial charge in [0, 0.05) is 30.1 Å². The first-order valence-corrected chi connectivity index (χ1v) is 6.73. The zero-order valence-electron chi connectivity index (χ0n) is 9.77. The quantitative estimate of drug-likeness (QED) is 0.802. The van der Waals surface area contributed by atoms with Crippen molar-refractivity contribution in [1.29, 1.82) is 0 Å². The van der Waals surface area contributed by atoms with Crippen LogP contribution in [-0.2, 0) is 4.79 Å². The van der Waals surface area contributed by atoms with Gasteiger partial charge in [-0.1, -0.05) is 13.8 Å². The van der Waals surface area contributed by atoms with Crippen molar-refractivity contribution in [1.82, 2.24) is 4.90 Å². The summed E-state index contributed by atoms with van der Waals surface area (Å²) in [5.41, 5.74) is 0. The molecule has 0 amide bonds. The van der Waals surface area contributed by atoms with E-state index in [1.807, 2.05) is 11.8 Å². The summed E-state index contributed by atoms with van der Waals surface area (Å²) in [6.07, 6.45) is 0.282. The summed E-state index contributed by atoms with van der Waals surface area (Å²) in [4.78, 5) is 13.1. The lowest BCUT2D eigenvalue weighted by atomic mass is 10.0. The van der Waals surface area contributed by atoms with Gasteiger partial charge in [-0.05, 0) is 12.8 Å². The first-order valence-electron chi connectivity index (χ1n) is 5.57. The lowest BCUT2D eigenvalue weighted by Gasteiger charge is -2.40. The van der Waals surface area contributed by atoms with E-state index in [1.54, 1.807) is 0 Å². The number of hydrogen-bond donors (Lipinski definition) is 1. The predicted molar refractivity (Wildman–Crippen MR) is 64.4 cm³/mol. The summed E-state index contributed by atoms with van der Waals surface area (Å²) in [5.74, 6) is 2.00. The van der Waals surface area contributed by atoms with Crippen LogP contribution in [-0.4, -0.2) is 46.1 Å². The lowest BCUT2D eigenvalue weighted by molar-refractivity contribution is -0.138. The van der Waals surface area contributed by atoms with Crippen LogP contribution >= 0.6 is 11.8 Å². The molecule has 15 heavy (non-hydrogen) atoms. The van der Waals surface area contributed by atoms with Gasteiger partial charge in [-0.15, -0.1) is 0 Å². The molecule has 88 valence electrons. The van der Waals surface area contributed by atoms with Crippen LogP contribution in [0.3, 0.4) is 0 Å². The molecular weight excluding hydrogens is 210 g/mol. The topological polar surface area (TPSA) is 40.5 Å². The average molecular weight is 231 g/mol. The highest BCUT2D eigenvalue weighted by molar-refractivity contribution is 7.99. The summed E-state index contributed by atoms with van der Waals surface area (Å²) in [6.45, 7) is 7.63. The highest BCUT2D eigenvalue weighted by Gasteiger charge is 2.29. The number of thioether (sulfide) groups is 1. The number of carboxylic acid groups (broad SMARTS) is 1. The van der Waals surface area contributed by atoms with E-state index >= 15 is 0 Å². The van der Waals surface area contributed by atoms with Crippen molar-refractivity contribution in [2.24, 2.45) is 5.92 Å². The van der Waals surface area contributed by atoms with Crippen molar-refractivity contribution in [3.63, 3.8) is 0 Å². The van der Waals surface area contributed by atoms with Gasteiger partial charge in [-0.3, -0.25) is 9.69 Å². The summed E-state index contributed by atoms with van der Waals surface area (Å²) < 4.78 is 0. The monoisotopic (exact) mass is 231 g/mol. The maximum atomic E-state index is 10.8. The number of aliphatic carboxylic acids is 1. The highest BCUT2D eigenvalue weighted by Crippen LogP contribution is 2.24. The predicted octanol–water partition coefficient (Wildman–Crippen LogP) is 1.92. The molecule has 0 aliphatic carbocycles. The molecule has 0 bridgehead atoms. The maximum Gasteiger partial charge on any atom is 0.304 e. The van der Waals surface area contributed by atoms with E-state index in [0.717, 1.165) is 18.1 Å². The van der Waals surface area contributed by atoms with E-state index in [-0.39, 0.29) is 12.5 Å². The summed E-state index contributed by atoms with van der Waals surface area (Å²) >= 11 is 1.87. The average Bonchev–Trinajstić information content (AvgIpc) is 2.16. The Labute approximate surface area is 96.2 Å². The Kier molecular flexibility index (Phi) is 4.93. The van der Waals surface area contributed by atoms with Gasteiger partial charge in [-0.25, -0.2) is 0 Å². The Hall–Kier alpha value is -0.220. The van der Waals surface area contributed by atoms with Crippen LogP contribution in [0.5, 0.6) is 0 Å². The minimum Gasteiger partial charge on any atom is -0.481 e. The second-order valence-corrected chi connectivity index (χ2v) is 5.70. The second-order valence-electron chi connectivity index (χ2n) is 4.55. The molecule has 0 spiro atoms. The molecule has 1 rings (SSSR count). The van der Waals surface area contributed by atoms with Gasteiger partial charge in [0.15, 0.2) is 0 Å². The molecule has 1 saturated heterocycles. The van der Waals surface area contributed by atoms with Crippen LogP contribution in [0.25, 0.3) is 0 Å². The van der Waals surface area contributed by atoms with E-state index < -0.39 is 5.97 Å². The molecule has 2 atom stereocenters. The molecule has 0 aromatic heterocycles. The Bertz CT molecular complexity index is 221. The minimum atomic E-state index is -0.677. The fraction of sp³-hybridized carbons (Fsp3) is 0.909. The molecule has 4 heteroatoms. The summed E-state index contributed by atoms with van der Waals surface area (Å²) in [7, 11) is 0. The summed E-state index contributed by atoms with van der Waals surface area (Å²) in [6, 6.07) is 0.703. The molecule has 1 fully saturated rings. The maximum absolute atomic E-state index is 10.8. The van der Waals surface area contributed by atoms with Crippen LogP contribution in [0.1, 0.15) is 27.2 Å². The second kappa shape index (κ2) is 5.75. The van der Waals surface area contributed by atoms with Crippen molar-refractivity contribution in [3.05, 3.63) is 0 Å². The van der Waals surface area contributed by atoms with Gasteiger partial charge in [-0.2, -0.15) is 11.8 Å². The zero-order valence-corrected chi connectivity index (χ0v) is 10.6. The molecule has 0 radical (unpaired) electrons. The van der Waals surface area contributed by atoms with Gasteiger partial charge in [0.25, 0.3) is 0 Å². The van der Waals surface area contributed by atoms with Crippen LogP contribution in [0.15, 0.2) is 0 Å². The van der Waals surface area contributed by atoms with E-state index in [0.29, 0.717) is 12.0 Å². The van der Waals surface area contributed by atoms with Crippen molar-refractivity contribution in [3.8, 4) is 0 Å². The number of carbonyl (C=O) groups is 1. The smallest absolute Gasteiger partial charge is 0.304 e. The first kappa shape index (κ1) is 12.8. The van der Waals surface area contributed by atoms with Crippen molar-refractivity contribution in [2.75, 3.05) is 18.1 Å². The van der Waals surface area contributed by atoms with Crippen molar-refractivity contribution >= 4 is 17.7 Å². The number of hydrogen-bond acceptors (Lipinski definition) is 3. The Morgan fingerprint density at radius 3 is 2.73 bits per heavy atom. The Morgan fingerprint density at radius 2 is 2.20 bits per heavy atom. The fourth-order valence-electron chi connectivity index (χ4n) is 1.96. The minimum absolute atomic E-state index is 0.221. The molecule has 1 N–H and O–H groups in total. The molecule has 0 aromatic rings. The first-order chi connectivity index (χ1) is 7.02. The Balaban J connectivity index is 2.60. The molecule has 2 unspecified atom stereocenters. The van der Waals surface area contributed by atoms with Gasteiger partial charge in [0.05, 0.1) is 6.42 Å². The third-order valence-corrected chi connectivity index (χ3v) is 4.26. The fourth-order valence-corrected chi connectivity index (χ4v) is 3.05. The SMILES string of the molecule is CC(C)C(C)N1CCSCC1CC(=O)O. The van der Waals surface area contributed by atoms with Gasteiger partial charge < -0.3 is 5.11 Å². The van der Waals surface area contributed by atoms with E-state index in [2.05, 4.69) is 25.7 Å². The molecule has 3 nitrogen and oxygen atoms in total. The van der Waals surface area contributed by atoms with Gasteiger partial charge in [0.2, 0.25) is 0 Å². The number of rotatable bonds is 4. The van der Waals surface area contributed by atoms with E-state index in [9.17, 15) is 4.79 Å². The van der Waals surface area contributed by atoms with E-state index in [1.165, 1.54) is 0 Å². The third kappa shape index (κ3) is 3.68. The summed E-state index contributed by atoms with van der Waals surface area (Å²) in [5, 5.41) is 8.87. The standard InChI is InChI=1S/C11H21NO2S/c1-8(2)9(3)12-4-5-15-7-10(12)6-11(13)14/h8-10H,4-7H2,1-3H3,(H,13,14). The molecule has 0 saturated carbocycles. The normalized spacial score (nSPS) is 25.5. The number of nitrogens with zero attached hydrogens (tertiary/aromatic N) is 1. The van der Waals surface area contributed by atoms with Gasteiger partial charge in [0.1, 0.15) is 0 Å². The van der Waals surface area contributed by atoms with E-state index in [4.69, 9.17) is 5.11 Å². The van der Waals surface area contributed by atoms with Crippen LogP contribution in [0.2, 0.25) is 0 Å². The van der Waals surface area contributed by atoms with Gasteiger partial charge >= 0.3 is 5.97 Å². The molecule has 1 aliphatic rings. The van der Waals surface area contributed by atoms with Crippen molar-refractivity contribution in [2.45, 2.75) is 39.3 Å². The molecule has 1 aliphatic heterocycles. The largest absolute Gasteiger partial charge is 0.481 e. The van der Waals surface area contributed by atoms with Crippen molar-refractivity contribution < 1.29 is 9.90 Å². The molecular formula is C11H21NO2S. The molecule has 1 heterocycles. The highest BCUT2D eigenvalue weighted by atomic mass is 32.2. The van der Waals surface area contributed by atoms with Crippen LogP contribution in [0.4, 0.5) is 0 Å². The zero-order chi connectivity index (χ0) is 11.4. The Morgan fingerprint density at radius 1 is 1.53 bits per heavy atom. The number of carboxylic acids is 1.